The summed E-state index contributed by atoms with van der Waals surface area (Å²) in [6, 6.07) is 7.44. The largest absolute Gasteiger partial charge is 0.444 e. The Hall–Kier alpha value is -2.34. The molecule has 1 aromatic carbocycles. The van der Waals surface area contributed by atoms with Crippen molar-refractivity contribution in [3.63, 3.8) is 0 Å². The molecule has 0 fully saturated rings. The molecule has 1 amide bonds. The second-order valence-electron chi connectivity index (χ2n) is 6.92. The first-order chi connectivity index (χ1) is 11.8. The molecule has 0 aliphatic carbocycles. The maximum atomic E-state index is 12.2. The predicted octanol–water partition coefficient (Wildman–Crippen LogP) is 4.17. The summed E-state index contributed by atoms with van der Waals surface area (Å²) < 4.78 is 5.43. The quantitative estimate of drug-likeness (QED) is 0.870. The highest BCUT2D eigenvalue weighted by Crippen LogP contribution is 2.25. The number of fused-ring (bicyclic) bond motifs is 1. The van der Waals surface area contributed by atoms with Crippen LogP contribution < -0.4 is 5.32 Å². The number of rotatable bonds is 2. The first kappa shape index (κ1) is 17.5. The number of para-hydroxylation sites is 1. The lowest BCUT2D eigenvalue weighted by Crippen LogP contribution is -2.40. The van der Waals surface area contributed by atoms with Gasteiger partial charge in [-0.25, -0.2) is 14.8 Å². The zero-order valence-electron chi connectivity index (χ0n) is 14.5. The number of hydrogen-bond acceptors (Lipinski definition) is 5. The molecule has 0 unspecified atom stereocenters. The average molecular weight is 361 g/mol. The Labute approximate surface area is 152 Å². The van der Waals surface area contributed by atoms with Gasteiger partial charge in [-0.1, -0.05) is 23.7 Å². The van der Waals surface area contributed by atoms with E-state index in [9.17, 15) is 4.79 Å². The molecular formula is C18H21ClN4O2. The van der Waals surface area contributed by atoms with Gasteiger partial charge in [0.1, 0.15) is 5.60 Å². The SMILES string of the molecule is CC(C)(C)OC(=O)N1CCc2nc(Nc3ccccc3Cl)ncc2C1. The van der Waals surface area contributed by atoms with Crippen molar-refractivity contribution in [1.29, 1.82) is 0 Å². The second-order valence-corrected chi connectivity index (χ2v) is 7.33. The van der Waals surface area contributed by atoms with Crippen molar-refractivity contribution < 1.29 is 9.53 Å². The Morgan fingerprint density at radius 2 is 2.08 bits per heavy atom. The normalized spacial score (nSPS) is 14.0. The summed E-state index contributed by atoms with van der Waals surface area (Å²) in [6.45, 7) is 6.61. The van der Waals surface area contributed by atoms with E-state index in [0.29, 0.717) is 30.5 Å². The molecule has 25 heavy (non-hydrogen) atoms. The van der Waals surface area contributed by atoms with Crippen LogP contribution in [0.1, 0.15) is 32.0 Å². The van der Waals surface area contributed by atoms with Crippen molar-refractivity contribution in [2.45, 2.75) is 39.3 Å². The number of ether oxygens (including phenoxy) is 1. The van der Waals surface area contributed by atoms with Gasteiger partial charge in [-0.2, -0.15) is 0 Å². The van der Waals surface area contributed by atoms with Gasteiger partial charge in [-0.05, 0) is 32.9 Å². The molecule has 0 radical (unpaired) electrons. The van der Waals surface area contributed by atoms with E-state index < -0.39 is 5.60 Å². The third-order valence-corrected chi connectivity index (χ3v) is 4.04. The van der Waals surface area contributed by atoms with Gasteiger partial charge in [-0.15, -0.1) is 0 Å². The number of carbonyl (C=O) groups excluding carboxylic acids is 1. The first-order valence-electron chi connectivity index (χ1n) is 8.16. The highest BCUT2D eigenvalue weighted by Gasteiger charge is 2.26. The molecule has 0 bridgehead atoms. The van der Waals surface area contributed by atoms with Gasteiger partial charge in [0.15, 0.2) is 0 Å². The van der Waals surface area contributed by atoms with Crippen LogP contribution in [-0.2, 0) is 17.7 Å². The van der Waals surface area contributed by atoms with E-state index in [-0.39, 0.29) is 6.09 Å². The van der Waals surface area contributed by atoms with Gasteiger partial charge in [-0.3, -0.25) is 0 Å². The number of anilines is 2. The molecule has 0 spiro atoms. The van der Waals surface area contributed by atoms with Gasteiger partial charge >= 0.3 is 6.09 Å². The first-order valence-corrected chi connectivity index (χ1v) is 8.54. The van der Waals surface area contributed by atoms with E-state index in [2.05, 4.69) is 15.3 Å². The summed E-state index contributed by atoms with van der Waals surface area (Å²) in [5.41, 5.74) is 2.12. The Bertz CT molecular complexity index is 789. The van der Waals surface area contributed by atoms with Crippen LogP contribution in [0.15, 0.2) is 30.5 Å². The summed E-state index contributed by atoms with van der Waals surface area (Å²) >= 11 is 6.15. The van der Waals surface area contributed by atoms with Crippen LogP contribution in [0.5, 0.6) is 0 Å². The fourth-order valence-corrected chi connectivity index (χ4v) is 2.72. The van der Waals surface area contributed by atoms with E-state index in [0.717, 1.165) is 16.9 Å². The number of halogens is 1. The Kier molecular flexibility index (Phi) is 4.81. The lowest BCUT2D eigenvalue weighted by Gasteiger charge is -2.30. The molecule has 2 aromatic rings. The number of nitrogens with zero attached hydrogens (tertiary/aromatic N) is 3. The number of nitrogens with one attached hydrogen (secondary N) is 1. The van der Waals surface area contributed by atoms with Crippen molar-refractivity contribution >= 4 is 29.3 Å². The summed E-state index contributed by atoms with van der Waals surface area (Å²) in [6.07, 6.45) is 2.10. The number of carbonyl (C=O) groups is 1. The molecule has 1 aliphatic rings. The van der Waals surface area contributed by atoms with Crippen LogP contribution in [0.4, 0.5) is 16.4 Å². The Morgan fingerprint density at radius 3 is 2.80 bits per heavy atom. The van der Waals surface area contributed by atoms with Gasteiger partial charge in [0.05, 0.1) is 22.9 Å². The zero-order valence-corrected chi connectivity index (χ0v) is 15.3. The smallest absolute Gasteiger partial charge is 0.410 e. The fraction of sp³-hybridized carbons (Fsp3) is 0.389. The zero-order chi connectivity index (χ0) is 18.0. The van der Waals surface area contributed by atoms with Crippen LogP contribution in [0, 0.1) is 0 Å². The van der Waals surface area contributed by atoms with Crippen LogP contribution in [0.25, 0.3) is 0 Å². The number of benzene rings is 1. The van der Waals surface area contributed by atoms with Crippen LogP contribution >= 0.6 is 11.6 Å². The van der Waals surface area contributed by atoms with E-state index in [4.69, 9.17) is 16.3 Å². The molecule has 1 N–H and O–H groups in total. The van der Waals surface area contributed by atoms with Crippen molar-refractivity contribution in [3.8, 4) is 0 Å². The molecule has 7 heteroatoms. The molecule has 0 saturated heterocycles. The maximum Gasteiger partial charge on any atom is 0.410 e. The second kappa shape index (κ2) is 6.88. The van der Waals surface area contributed by atoms with Crippen LogP contribution in [0.2, 0.25) is 5.02 Å². The van der Waals surface area contributed by atoms with Gasteiger partial charge in [0.2, 0.25) is 5.95 Å². The summed E-state index contributed by atoms with van der Waals surface area (Å²) in [5, 5.41) is 3.74. The van der Waals surface area contributed by atoms with Crippen LogP contribution in [0.3, 0.4) is 0 Å². The third-order valence-electron chi connectivity index (χ3n) is 3.71. The minimum atomic E-state index is -0.503. The third kappa shape index (κ3) is 4.39. The summed E-state index contributed by atoms with van der Waals surface area (Å²) in [7, 11) is 0. The van der Waals surface area contributed by atoms with Crippen molar-refractivity contribution in [3.05, 3.63) is 46.7 Å². The van der Waals surface area contributed by atoms with Gasteiger partial charge < -0.3 is 15.0 Å². The Balaban J connectivity index is 1.71. The van der Waals surface area contributed by atoms with E-state index >= 15 is 0 Å². The standard InChI is InChI=1S/C18H21ClN4O2/c1-18(2,3)25-17(24)23-9-8-14-12(11-23)10-20-16(21-14)22-15-7-5-4-6-13(15)19/h4-7,10H,8-9,11H2,1-3H3,(H,20,21,22). The van der Waals surface area contributed by atoms with E-state index in [1.807, 2.05) is 39.0 Å². The molecular weight excluding hydrogens is 340 g/mol. The van der Waals surface area contributed by atoms with Crippen LogP contribution in [-0.4, -0.2) is 33.1 Å². The monoisotopic (exact) mass is 360 g/mol. The molecule has 6 nitrogen and oxygen atoms in total. The van der Waals surface area contributed by atoms with E-state index in [1.165, 1.54) is 0 Å². The molecule has 0 atom stereocenters. The maximum absolute atomic E-state index is 12.2. The highest BCUT2D eigenvalue weighted by molar-refractivity contribution is 6.33. The molecule has 1 aromatic heterocycles. The molecule has 132 valence electrons. The molecule has 3 rings (SSSR count). The summed E-state index contributed by atoms with van der Waals surface area (Å²) in [4.78, 5) is 22.8. The average Bonchev–Trinajstić information content (AvgIpc) is 2.55. The van der Waals surface area contributed by atoms with Crippen molar-refractivity contribution in [2.24, 2.45) is 0 Å². The minimum Gasteiger partial charge on any atom is -0.444 e. The molecule has 1 aliphatic heterocycles. The lowest BCUT2D eigenvalue weighted by atomic mass is 10.1. The van der Waals surface area contributed by atoms with Gasteiger partial charge in [0.25, 0.3) is 0 Å². The lowest BCUT2D eigenvalue weighted by molar-refractivity contribution is 0.0222. The highest BCUT2D eigenvalue weighted by atomic mass is 35.5. The fourth-order valence-electron chi connectivity index (χ4n) is 2.54. The predicted molar refractivity (Wildman–Crippen MR) is 97.1 cm³/mol. The van der Waals surface area contributed by atoms with Crippen molar-refractivity contribution in [1.82, 2.24) is 14.9 Å². The number of hydrogen-bond donors (Lipinski definition) is 1. The number of amides is 1. The molecule has 0 saturated carbocycles. The molecule has 2 heterocycles. The van der Waals surface area contributed by atoms with Gasteiger partial charge in [0, 0.05) is 24.7 Å². The minimum absolute atomic E-state index is 0.309. The Morgan fingerprint density at radius 1 is 1.32 bits per heavy atom. The van der Waals surface area contributed by atoms with Crippen molar-refractivity contribution in [2.75, 3.05) is 11.9 Å². The number of aromatic nitrogens is 2. The topological polar surface area (TPSA) is 67.3 Å². The summed E-state index contributed by atoms with van der Waals surface area (Å²) in [5.74, 6) is 0.498. The van der Waals surface area contributed by atoms with E-state index in [1.54, 1.807) is 17.2 Å².